The average Bonchev–Trinajstić information content (AvgIpc) is 2.15. The van der Waals surface area contributed by atoms with E-state index in [1.165, 1.54) is 35.6 Å². The number of hydrogen-bond acceptors (Lipinski definition) is 3. The summed E-state index contributed by atoms with van der Waals surface area (Å²) >= 11 is 1.51. The van der Waals surface area contributed by atoms with E-state index in [0.29, 0.717) is 0 Å². The van der Waals surface area contributed by atoms with E-state index in [4.69, 9.17) is 0 Å². The van der Waals surface area contributed by atoms with Crippen LogP contribution < -0.4 is 0 Å². The van der Waals surface area contributed by atoms with Crippen LogP contribution in [0.4, 0.5) is 13.2 Å². The Labute approximate surface area is 103 Å². The molecule has 1 aromatic rings. The summed E-state index contributed by atoms with van der Waals surface area (Å²) < 4.78 is 42.4. The van der Waals surface area contributed by atoms with Crippen molar-refractivity contribution in [1.82, 2.24) is 4.98 Å². The van der Waals surface area contributed by atoms with Crippen molar-refractivity contribution in [2.24, 2.45) is 0 Å². The summed E-state index contributed by atoms with van der Waals surface area (Å²) in [5.41, 5.74) is -1.74. The number of pyridine rings is 1. The molecule has 88 valence electrons. The third-order valence-electron chi connectivity index (χ3n) is 1.65. The minimum Gasteiger partial charge on any atom is -0.461 e. The van der Waals surface area contributed by atoms with Crippen LogP contribution in [-0.2, 0) is 10.9 Å². The van der Waals surface area contributed by atoms with Gasteiger partial charge in [-0.2, -0.15) is 13.2 Å². The standard InChI is InChI=1S/C9H7F3INO2/c1-2-16-8(15)7-6(9(10,11)12)5(13)3-4-14-7/h3-4H,2H2,1H3. The first kappa shape index (κ1) is 13.2. The fourth-order valence-electron chi connectivity index (χ4n) is 1.06. The van der Waals surface area contributed by atoms with Crippen LogP contribution in [0.1, 0.15) is 23.0 Å². The topological polar surface area (TPSA) is 39.2 Å². The lowest BCUT2D eigenvalue weighted by atomic mass is 10.2. The molecule has 0 aliphatic rings. The lowest BCUT2D eigenvalue weighted by Crippen LogP contribution is -2.18. The molecule has 0 N–H and O–H groups in total. The molecule has 0 bridgehead atoms. The molecule has 0 saturated heterocycles. The zero-order chi connectivity index (χ0) is 12.3. The number of ether oxygens (including phenoxy) is 1. The Morgan fingerprint density at radius 2 is 2.19 bits per heavy atom. The van der Waals surface area contributed by atoms with Crippen molar-refractivity contribution in [1.29, 1.82) is 0 Å². The van der Waals surface area contributed by atoms with E-state index in [-0.39, 0.29) is 10.2 Å². The quantitative estimate of drug-likeness (QED) is 0.611. The van der Waals surface area contributed by atoms with Crippen LogP contribution >= 0.6 is 22.6 Å². The highest BCUT2D eigenvalue weighted by Gasteiger charge is 2.38. The predicted molar refractivity (Wildman–Crippen MR) is 57.9 cm³/mol. The summed E-state index contributed by atoms with van der Waals surface area (Å²) in [6, 6.07) is 1.19. The lowest BCUT2D eigenvalue weighted by Gasteiger charge is -2.12. The molecule has 1 aromatic heterocycles. The molecule has 1 heterocycles. The van der Waals surface area contributed by atoms with Crippen LogP contribution in [-0.4, -0.2) is 17.6 Å². The monoisotopic (exact) mass is 345 g/mol. The van der Waals surface area contributed by atoms with Crippen molar-refractivity contribution >= 4 is 28.6 Å². The number of aromatic nitrogens is 1. The third kappa shape index (κ3) is 2.83. The first-order chi connectivity index (χ1) is 7.38. The zero-order valence-corrected chi connectivity index (χ0v) is 10.3. The minimum atomic E-state index is -4.62. The van der Waals surface area contributed by atoms with Gasteiger partial charge >= 0.3 is 12.1 Å². The molecule has 1 rings (SSSR count). The van der Waals surface area contributed by atoms with Gasteiger partial charge in [0.05, 0.1) is 6.61 Å². The summed E-state index contributed by atoms with van der Waals surface area (Å²) in [4.78, 5) is 14.7. The van der Waals surface area contributed by atoms with E-state index in [1.54, 1.807) is 0 Å². The number of alkyl halides is 3. The van der Waals surface area contributed by atoms with E-state index in [2.05, 4.69) is 9.72 Å². The molecule has 7 heteroatoms. The van der Waals surface area contributed by atoms with Crippen LogP contribution in [0.2, 0.25) is 0 Å². The normalized spacial score (nSPS) is 11.3. The van der Waals surface area contributed by atoms with Gasteiger partial charge in [0.2, 0.25) is 0 Å². The molecular formula is C9H7F3INO2. The van der Waals surface area contributed by atoms with E-state index in [0.717, 1.165) is 6.20 Å². The van der Waals surface area contributed by atoms with Crippen molar-refractivity contribution in [2.75, 3.05) is 6.61 Å². The minimum absolute atomic E-state index is 0.00326. The fourth-order valence-corrected chi connectivity index (χ4v) is 1.78. The van der Waals surface area contributed by atoms with Crippen LogP contribution in [0.3, 0.4) is 0 Å². The molecule has 0 aromatic carbocycles. The molecule has 0 saturated carbocycles. The van der Waals surface area contributed by atoms with Gasteiger partial charge in [-0.25, -0.2) is 9.78 Å². The SMILES string of the molecule is CCOC(=O)c1nccc(I)c1C(F)(F)F. The van der Waals surface area contributed by atoms with Gasteiger partial charge in [-0.1, -0.05) is 0 Å². The van der Waals surface area contributed by atoms with Crippen LogP contribution in [0, 0.1) is 3.57 Å². The second-order valence-electron chi connectivity index (χ2n) is 2.73. The number of nitrogens with zero attached hydrogens (tertiary/aromatic N) is 1. The smallest absolute Gasteiger partial charge is 0.419 e. The van der Waals surface area contributed by atoms with Gasteiger partial charge in [-0.3, -0.25) is 0 Å². The van der Waals surface area contributed by atoms with Crippen molar-refractivity contribution in [3.05, 3.63) is 27.1 Å². The molecule has 0 atom stereocenters. The molecule has 16 heavy (non-hydrogen) atoms. The zero-order valence-electron chi connectivity index (χ0n) is 8.14. The first-order valence-corrected chi connectivity index (χ1v) is 5.34. The molecule has 3 nitrogen and oxygen atoms in total. The van der Waals surface area contributed by atoms with Gasteiger partial charge in [0.1, 0.15) is 5.56 Å². The molecule has 0 aliphatic heterocycles. The number of hydrogen-bond donors (Lipinski definition) is 0. The summed E-state index contributed by atoms with van der Waals surface area (Å²) in [6.07, 6.45) is -3.48. The Morgan fingerprint density at radius 3 is 2.69 bits per heavy atom. The Balaban J connectivity index is 3.29. The third-order valence-corrected chi connectivity index (χ3v) is 2.55. The predicted octanol–water partition coefficient (Wildman–Crippen LogP) is 2.88. The molecule has 0 unspecified atom stereocenters. The molecular weight excluding hydrogens is 338 g/mol. The van der Waals surface area contributed by atoms with Gasteiger partial charge in [-0.15, -0.1) is 0 Å². The largest absolute Gasteiger partial charge is 0.461 e. The Bertz CT molecular complexity index is 406. The van der Waals surface area contributed by atoms with Crippen molar-refractivity contribution in [3.63, 3.8) is 0 Å². The van der Waals surface area contributed by atoms with Gasteiger partial charge in [0.15, 0.2) is 5.69 Å². The highest BCUT2D eigenvalue weighted by Crippen LogP contribution is 2.34. The summed E-state index contributed by atoms with van der Waals surface area (Å²) in [6.45, 7) is 1.52. The molecule has 0 amide bonds. The molecule has 0 fully saturated rings. The van der Waals surface area contributed by atoms with Crippen LogP contribution in [0.25, 0.3) is 0 Å². The number of halogens is 4. The van der Waals surface area contributed by atoms with Crippen molar-refractivity contribution in [3.8, 4) is 0 Å². The number of esters is 1. The summed E-state index contributed by atoms with van der Waals surface area (Å²) in [5, 5.41) is 0. The van der Waals surface area contributed by atoms with Gasteiger partial charge in [-0.05, 0) is 35.6 Å². The average molecular weight is 345 g/mol. The Morgan fingerprint density at radius 1 is 1.56 bits per heavy atom. The number of rotatable bonds is 2. The number of carbonyl (C=O) groups excluding carboxylic acids is 1. The van der Waals surface area contributed by atoms with E-state index >= 15 is 0 Å². The second-order valence-corrected chi connectivity index (χ2v) is 3.90. The maximum absolute atomic E-state index is 12.7. The van der Waals surface area contributed by atoms with E-state index in [9.17, 15) is 18.0 Å². The van der Waals surface area contributed by atoms with Gasteiger partial charge in [0.25, 0.3) is 0 Å². The lowest BCUT2D eigenvalue weighted by molar-refractivity contribution is -0.139. The fraction of sp³-hybridized carbons (Fsp3) is 0.333. The van der Waals surface area contributed by atoms with E-state index < -0.39 is 23.4 Å². The highest BCUT2D eigenvalue weighted by molar-refractivity contribution is 14.1. The highest BCUT2D eigenvalue weighted by atomic mass is 127. The molecule has 0 spiro atoms. The van der Waals surface area contributed by atoms with Gasteiger partial charge in [0, 0.05) is 9.77 Å². The van der Waals surface area contributed by atoms with Crippen LogP contribution in [0.5, 0.6) is 0 Å². The van der Waals surface area contributed by atoms with Gasteiger partial charge < -0.3 is 4.74 Å². The maximum Gasteiger partial charge on any atom is 0.419 e. The Hall–Kier alpha value is -0.860. The van der Waals surface area contributed by atoms with Crippen molar-refractivity contribution in [2.45, 2.75) is 13.1 Å². The Kier molecular flexibility index (Phi) is 4.11. The first-order valence-electron chi connectivity index (χ1n) is 4.26. The molecule has 0 radical (unpaired) electrons. The van der Waals surface area contributed by atoms with E-state index in [1.807, 2.05) is 0 Å². The maximum atomic E-state index is 12.7. The molecule has 0 aliphatic carbocycles. The summed E-state index contributed by atoms with van der Waals surface area (Å²) in [5.74, 6) is -1.06. The summed E-state index contributed by atoms with van der Waals surface area (Å²) in [7, 11) is 0. The number of carbonyl (C=O) groups is 1. The second kappa shape index (κ2) is 4.98. The van der Waals surface area contributed by atoms with Crippen LogP contribution in [0.15, 0.2) is 12.3 Å². The van der Waals surface area contributed by atoms with Crippen molar-refractivity contribution < 1.29 is 22.7 Å².